The molecule has 0 saturated carbocycles. The molecule has 0 spiro atoms. The first-order chi connectivity index (χ1) is 7.19. The van der Waals surface area contributed by atoms with Crippen molar-refractivity contribution in [1.29, 1.82) is 0 Å². The fourth-order valence-corrected chi connectivity index (χ4v) is 1.19. The maximum atomic E-state index is 10.9. The first-order valence-corrected chi connectivity index (χ1v) is 4.37. The minimum absolute atomic E-state index is 0.0750. The molecule has 80 valence electrons. The number of methoxy groups -OCH3 is 1. The lowest BCUT2D eigenvalue weighted by Gasteiger charge is -2.05. The predicted molar refractivity (Wildman–Crippen MR) is 56.1 cm³/mol. The van der Waals surface area contributed by atoms with Crippen LogP contribution in [0.5, 0.6) is 5.75 Å². The molecule has 0 heterocycles. The summed E-state index contributed by atoms with van der Waals surface area (Å²) in [5.74, 6) is -0.713. The summed E-state index contributed by atoms with van der Waals surface area (Å²) in [5, 5.41) is 17.5. The molecule has 0 aliphatic rings. The Kier molecular flexibility index (Phi) is 3.88. The van der Waals surface area contributed by atoms with Gasteiger partial charge in [-0.15, -0.1) is 0 Å². The monoisotopic (exact) mass is 208 g/mol. The molecule has 4 nitrogen and oxygen atoms in total. The summed E-state index contributed by atoms with van der Waals surface area (Å²) in [4.78, 5) is 10.9. The molecule has 0 bridgehead atoms. The zero-order chi connectivity index (χ0) is 11.3. The third-order valence-corrected chi connectivity index (χ3v) is 1.87. The summed E-state index contributed by atoms with van der Waals surface area (Å²) in [5.41, 5.74) is 0.819. The Bertz CT molecular complexity index is 382. The van der Waals surface area contributed by atoms with E-state index in [1.54, 1.807) is 18.2 Å². The van der Waals surface area contributed by atoms with Crippen LogP contribution in [0.4, 0.5) is 0 Å². The third-order valence-electron chi connectivity index (χ3n) is 1.87. The molecule has 0 fully saturated rings. The topological polar surface area (TPSA) is 66.8 Å². The first kappa shape index (κ1) is 11.3. The van der Waals surface area contributed by atoms with Gasteiger partial charge >= 0.3 is 5.97 Å². The molecule has 0 aromatic heterocycles. The number of carbonyl (C=O) groups is 1. The molecule has 2 N–H and O–H groups in total. The van der Waals surface area contributed by atoms with Crippen LogP contribution in [0.3, 0.4) is 0 Å². The van der Waals surface area contributed by atoms with Gasteiger partial charge in [0.2, 0.25) is 0 Å². The fraction of sp³-hybridized carbons (Fsp3) is 0.182. The number of aliphatic hydroxyl groups is 1. The summed E-state index contributed by atoms with van der Waals surface area (Å²) in [7, 11) is 1.42. The van der Waals surface area contributed by atoms with Crippen LogP contribution in [-0.4, -0.2) is 29.9 Å². The van der Waals surface area contributed by atoms with Crippen LogP contribution in [0.15, 0.2) is 24.3 Å². The van der Waals surface area contributed by atoms with Gasteiger partial charge in [0.1, 0.15) is 11.3 Å². The highest BCUT2D eigenvalue weighted by atomic mass is 16.5. The van der Waals surface area contributed by atoms with Crippen LogP contribution in [-0.2, 0) is 0 Å². The van der Waals surface area contributed by atoms with Gasteiger partial charge < -0.3 is 14.9 Å². The Balaban J connectivity index is 3.10. The molecule has 0 aliphatic heterocycles. The molecule has 0 amide bonds. The molecular formula is C11H12O4. The Morgan fingerprint density at radius 1 is 1.53 bits per heavy atom. The fourth-order valence-electron chi connectivity index (χ4n) is 1.19. The third kappa shape index (κ3) is 2.82. The van der Waals surface area contributed by atoms with Crippen molar-refractivity contribution in [3.05, 3.63) is 35.4 Å². The van der Waals surface area contributed by atoms with Crippen LogP contribution in [0.25, 0.3) is 6.08 Å². The van der Waals surface area contributed by atoms with Gasteiger partial charge in [-0.05, 0) is 17.7 Å². The molecule has 4 heteroatoms. The van der Waals surface area contributed by atoms with Crippen LogP contribution in [0, 0.1) is 0 Å². The van der Waals surface area contributed by atoms with Gasteiger partial charge in [-0.1, -0.05) is 18.2 Å². The van der Waals surface area contributed by atoms with E-state index in [4.69, 9.17) is 14.9 Å². The smallest absolute Gasteiger partial charge is 0.339 e. The van der Waals surface area contributed by atoms with E-state index in [2.05, 4.69) is 0 Å². The highest BCUT2D eigenvalue weighted by Crippen LogP contribution is 2.20. The second-order valence-electron chi connectivity index (χ2n) is 2.85. The van der Waals surface area contributed by atoms with Crippen molar-refractivity contribution in [3.63, 3.8) is 0 Å². The summed E-state index contributed by atoms with van der Waals surface area (Å²) in [6.45, 7) is -0.0750. The Hall–Kier alpha value is -1.81. The van der Waals surface area contributed by atoms with Gasteiger partial charge in [0.25, 0.3) is 0 Å². The molecule has 15 heavy (non-hydrogen) atoms. The summed E-state index contributed by atoms with van der Waals surface area (Å²) >= 11 is 0. The molecule has 0 saturated heterocycles. The molecule has 1 rings (SSSR count). The number of benzene rings is 1. The van der Waals surface area contributed by atoms with Crippen LogP contribution >= 0.6 is 0 Å². The normalized spacial score (nSPS) is 10.5. The van der Waals surface area contributed by atoms with Crippen molar-refractivity contribution in [2.75, 3.05) is 13.7 Å². The molecular weight excluding hydrogens is 196 g/mol. The minimum Gasteiger partial charge on any atom is -0.496 e. The number of hydrogen-bond acceptors (Lipinski definition) is 3. The highest BCUT2D eigenvalue weighted by molar-refractivity contribution is 5.91. The van der Waals surface area contributed by atoms with Gasteiger partial charge in [-0.2, -0.15) is 0 Å². The Labute approximate surface area is 87.4 Å². The van der Waals surface area contributed by atoms with Gasteiger partial charge in [-0.3, -0.25) is 0 Å². The zero-order valence-electron chi connectivity index (χ0n) is 8.30. The molecule has 0 radical (unpaired) electrons. The number of rotatable bonds is 4. The van der Waals surface area contributed by atoms with E-state index in [1.807, 2.05) is 0 Å². The van der Waals surface area contributed by atoms with Crippen LogP contribution in [0.2, 0.25) is 0 Å². The molecule has 0 atom stereocenters. The highest BCUT2D eigenvalue weighted by Gasteiger charge is 2.10. The van der Waals surface area contributed by atoms with Gasteiger partial charge in [-0.25, -0.2) is 4.79 Å². The van der Waals surface area contributed by atoms with E-state index in [0.29, 0.717) is 11.3 Å². The average molecular weight is 208 g/mol. The van der Waals surface area contributed by atoms with Crippen molar-refractivity contribution in [3.8, 4) is 5.75 Å². The molecule has 0 unspecified atom stereocenters. The van der Waals surface area contributed by atoms with Crippen LogP contribution in [0.1, 0.15) is 15.9 Å². The van der Waals surface area contributed by atoms with Crippen molar-refractivity contribution in [2.45, 2.75) is 0 Å². The van der Waals surface area contributed by atoms with E-state index in [-0.39, 0.29) is 12.2 Å². The van der Waals surface area contributed by atoms with E-state index >= 15 is 0 Å². The lowest BCUT2D eigenvalue weighted by molar-refractivity contribution is 0.0693. The number of aliphatic hydroxyl groups excluding tert-OH is 1. The zero-order valence-corrected chi connectivity index (χ0v) is 8.30. The number of aromatic carboxylic acids is 1. The quantitative estimate of drug-likeness (QED) is 0.784. The largest absolute Gasteiger partial charge is 0.496 e. The van der Waals surface area contributed by atoms with Crippen molar-refractivity contribution in [1.82, 2.24) is 0 Å². The average Bonchev–Trinajstić information content (AvgIpc) is 2.25. The van der Waals surface area contributed by atoms with E-state index < -0.39 is 5.97 Å². The second kappa shape index (κ2) is 5.17. The van der Waals surface area contributed by atoms with Crippen molar-refractivity contribution >= 4 is 12.0 Å². The van der Waals surface area contributed by atoms with Crippen molar-refractivity contribution in [2.24, 2.45) is 0 Å². The summed E-state index contributed by atoms with van der Waals surface area (Å²) in [6.07, 6.45) is 3.18. The number of carboxylic acid groups (broad SMARTS) is 1. The Morgan fingerprint density at radius 3 is 2.80 bits per heavy atom. The lowest BCUT2D eigenvalue weighted by Crippen LogP contribution is -2.00. The molecule has 0 aliphatic carbocycles. The molecule has 1 aromatic rings. The maximum absolute atomic E-state index is 10.9. The van der Waals surface area contributed by atoms with Gasteiger partial charge in [0.05, 0.1) is 13.7 Å². The number of hydrogen-bond donors (Lipinski definition) is 2. The van der Waals surface area contributed by atoms with E-state index in [9.17, 15) is 4.79 Å². The van der Waals surface area contributed by atoms with Gasteiger partial charge in [0, 0.05) is 0 Å². The second-order valence-corrected chi connectivity index (χ2v) is 2.85. The standard InChI is InChI=1S/C11H12O4/c1-15-10-5-4-8(3-2-6-12)7-9(10)11(13)14/h2-5,7,12H,6H2,1H3,(H,13,14)/b3-2+. The van der Waals surface area contributed by atoms with E-state index in [0.717, 1.165) is 0 Å². The predicted octanol–water partition coefficient (Wildman–Crippen LogP) is 1.40. The first-order valence-electron chi connectivity index (χ1n) is 4.37. The molecule has 1 aromatic carbocycles. The Morgan fingerprint density at radius 2 is 2.27 bits per heavy atom. The summed E-state index contributed by atoms with van der Waals surface area (Å²) < 4.78 is 4.91. The minimum atomic E-state index is -1.04. The number of ether oxygens (including phenoxy) is 1. The van der Waals surface area contributed by atoms with Gasteiger partial charge in [0.15, 0.2) is 0 Å². The maximum Gasteiger partial charge on any atom is 0.339 e. The van der Waals surface area contributed by atoms with Crippen molar-refractivity contribution < 1.29 is 19.7 Å². The SMILES string of the molecule is COc1ccc(/C=C/CO)cc1C(=O)O. The van der Waals surface area contributed by atoms with Crippen LogP contribution < -0.4 is 4.74 Å². The lowest BCUT2D eigenvalue weighted by atomic mass is 10.1. The number of carboxylic acids is 1. The summed E-state index contributed by atoms with van der Waals surface area (Å²) in [6, 6.07) is 4.80. The van der Waals surface area contributed by atoms with E-state index in [1.165, 1.54) is 19.3 Å².